The summed E-state index contributed by atoms with van der Waals surface area (Å²) in [5, 5.41) is 10.1. The van der Waals surface area contributed by atoms with Crippen LogP contribution in [0.3, 0.4) is 0 Å². The summed E-state index contributed by atoms with van der Waals surface area (Å²) < 4.78 is 5.23. The third-order valence-electron chi connectivity index (χ3n) is 3.81. The molecule has 17 heavy (non-hydrogen) atoms. The molecule has 1 saturated heterocycles. The molecule has 0 bridgehead atoms. The standard InChI is InChI=1S/C14H16O3/c1-3-7-5-9-10(6-8(7)4-2)12(16)14-13(17-14)11(9)15/h5-6,11,13-15H,3-4H2,1-2H3/t11-,13-,14+/m0/s1. The maximum absolute atomic E-state index is 12.0. The Kier molecular flexibility index (Phi) is 2.35. The molecular formula is C14H16O3. The number of carbonyl (C=O) groups is 1. The minimum absolute atomic E-state index is 0.0349. The van der Waals surface area contributed by atoms with Gasteiger partial charge in [-0.25, -0.2) is 0 Å². The zero-order valence-electron chi connectivity index (χ0n) is 10.1. The lowest BCUT2D eigenvalue weighted by Crippen LogP contribution is -2.25. The fourth-order valence-electron chi connectivity index (χ4n) is 2.73. The summed E-state index contributed by atoms with van der Waals surface area (Å²) in [6.45, 7) is 4.18. The van der Waals surface area contributed by atoms with Crippen molar-refractivity contribution in [1.29, 1.82) is 0 Å². The van der Waals surface area contributed by atoms with Gasteiger partial charge in [-0.15, -0.1) is 0 Å². The maximum atomic E-state index is 12.0. The van der Waals surface area contributed by atoms with Crippen molar-refractivity contribution in [3.8, 4) is 0 Å². The molecule has 3 rings (SSSR count). The predicted molar refractivity (Wildman–Crippen MR) is 63.1 cm³/mol. The number of epoxide rings is 1. The first kappa shape index (κ1) is 10.9. The Morgan fingerprint density at radius 3 is 2.53 bits per heavy atom. The van der Waals surface area contributed by atoms with Crippen LogP contribution in [0.2, 0.25) is 0 Å². The van der Waals surface area contributed by atoms with Crippen LogP contribution in [0.5, 0.6) is 0 Å². The summed E-state index contributed by atoms with van der Waals surface area (Å²) in [4.78, 5) is 12.0. The molecule has 1 N–H and O–H groups in total. The number of carbonyl (C=O) groups excluding carboxylic acids is 1. The number of rotatable bonds is 2. The first-order valence-electron chi connectivity index (χ1n) is 6.20. The molecule has 0 unspecified atom stereocenters. The Morgan fingerprint density at radius 2 is 1.88 bits per heavy atom. The molecular weight excluding hydrogens is 216 g/mol. The highest BCUT2D eigenvalue weighted by Gasteiger charge is 2.54. The fourth-order valence-corrected chi connectivity index (χ4v) is 2.73. The van der Waals surface area contributed by atoms with Gasteiger partial charge in [-0.05, 0) is 35.6 Å². The van der Waals surface area contributed by atoms with E-state index in [2.05, 4.69) is 13.8 Å². The second-order valence-corrected chi connectivity index (χ2v) is 4.75. The highest BCUT2D eigenvalue weighted by molar-refractivity contribution is 6.04. The molecule has 0 spiro atoms. The van der Waals surface area contributed by atoms with Crippen LogP contribution in [0, 0.1) is 0 Å². The minimum Gasteiger partial charge on any atom is -0.386 e. The van der Waals surface area contributed by atoms with Gasteiger partial charge in [0, 0.05) is 5.56 Å². The summed E-state index contributed by atoms with van der Waals surface area (Å²) in [5.74, 6) is 0.0349. The number of aliphatic hydroxyl groups is 1. The highest BCUT2D eigenvalue weighted by Crippen LogP contribution is 2.43. The molecule has 0 amide bonds. The summed E-state index contributed by atoms with van der Waals surface area (Å²) in [5.41, 5.74) is 3.83. The highest BCUT2D eigenvalue weighted by atomic mass is 16.6. The van der Waals surface area contributed by atoms with Gasteiger partial charge in [0.05, 0.1) is 0 Å². The van der Waals surface area contributed by atoms with Gasteiger partial charge < -0.3 is 9.84 Å². The van der Waals surface area contributed by atoms with Crippen molar-refractivity contribution < 1.29 is 14.6 Å². The van der Waals surface area contributed by atoms with Crippen molar-refractivity contribution in [3.63, 3.8) is 0 Å². The van der Waals surface area contributed by atoms with Crippen molar-refractivity contribution in [3.05, 3.63) is 34.4 Å². The molecule has 2 aliphatic rings. The molecule has 0 radical (unpaired) electrons. The van der Waals surface area contributed by atoms with Crippen LogP contribution in [0.15, 0.2) is 12.1 Å². The molecule has 3 nitrogen and oxygen atoms in total. The molecule has 3 heteroatoms. The van der Waals surface area contributed by atoms with Crippen LogP contribution in [-0.4, -0.2) is 23.1 Å². The molecule has 1 fully saturated rings. The van der Waals surface area contributed by atoms with E-state index < -0.39 is 12.2 Å². The van der Waals surface area contributed by atoms with Crippen molar-refractivity contribution >= 4 is 5.78 Å². The second-order valence-electron chi connectivity index (χ2n) is 4.75. The smallest absolute Gasteiger partial charge is 0.194 e. The molecule has 1 aromatic rings. The number of benzene rings is 1. The van der Waals surface area contributed by atoms with E-state index in [1.165, 1.54) is 11.1 Å². The van der Waals surface area contributed by atoms with Crippen LogP contribution >= 0.6 is 0 Å². The van der Waals surface area contributed by atoms with Crippen LogP contribution in [0.1, 0.15) is 47.0 Å². The van der Waals surface area contributed by atoms with E-state index in [0.29, 0.717) is 5.56 Å². The van der Waals surface area contributed by atoms with Crippen LogP contribution in [-0.2, 0) is 17.6 Å². The van der Waals surface area contributed by atoms with E-state index in [4.69, 9.17) is 4.74 Å². The summed E-state index contributed by atoms with van der Waals surface area (Å²) >= 11 is 0. The maximum Gasteiger partial charge on any atom is 0.194 e. The SMILES string of the molecule is CCc1cc2c(cc1CC)[C@H](O)[C@@H]1O[C@@H]1C2=O. The van der Waals surface area contributed by atoms with Crippen molar-refractivity contribution in [2.75, 3.05) is 0 Å². The van der Waals surface area contributed by atoms with Crippen molar-refractivity contribution in [2.24, 2.45) is 0 Å². The summed E-state index contributed by atoms with van der Waals surface area (Å²) in [6, 6.07) is 3.92. The Balaban J connectivity index is 2.16. The van der Waals surface area contributed by atoms with Gasteiger partial charge in [0.2, 0.25) is 0 Å². The van der Waals surface area contributed by atoms with Crippen LogP contribution in [0.25, 0.3) is 0 Å². The molecule has 1 aliphatic heterocycles. The van der Waals surface area contributed by atoms with Gasteiger partial charge in [0.15, 0.2) is 5.78 Å². The number of aliphatic hydroxyl groups excluding tert-OH is 1. The number of fused-ring (bicyclic) bond motifs is 2. The Labute approximate surface area is 100 Å². The summed E-state index contributed by atoms with van der Waals surface area (Å²) in [6.07, 6.45) is 0.506. The van der Waals surface area contributed by atoms with Gasteiger partial charge in [0.25, 0.3) is 0 Å². The largest absolute Gasteiger partial charge is 0.386 e. The van der Waals surface area contributed by atoms with Crippen LogP contribution in [0.4, 0.5) is 0 Å². The third-order valence-corrected chi connectivity index (χ3v) is 3.81. The van der Waals surface area contributed by atoms with E-state index in [1.807, 2.05) is 12.1 Å². The number of ether oxygens (including phenoxy) is 1. The Bertz CT molecular complexity index is 492. The molecule has 1 heterocycles. The van der Waals surface area contributed by atoms with E-state index in [9.17, 15) is 9.90 Å². The lowest BCUT2D eigenvalue weighted by atomic mass is 9.84. The molecule has 0 saturated carbocycles. The molecule has 1 aliphatic carbocycles. The molecule has 3 atom stereocenters. The van der Waals surface area contributed by atoms with Crippen molar-refractivity contribution in [1.82, 2.24) is 0 Å². The lowest BCUT2D eigenvalue weighted by molar-refractivity contribution is 0.0941. The average molecular weight is 232 g/mol. The monoisotopic (exact) mass is 232 g/mol. The lowest BCUT2D eigenvalue weighted by Gasteiger charge is -2.20. The number of aryl methyl sites for hydroxylation is 2. The second kappa shape index (κ2) is 3.65. The van der Waals surface area contributed by atoms with Crippen molar-refractivity contribution in [2.45, 2.75) is 45.0 Å². The molecule has 1 aromatic carbocycles. The minimum atomic E-state index is -0.635. The predicted octanol–water partition coefficient (Wildman–Crippen LogP) is 1.81. The zero-order chi connectivity index (χ0) is 12.2. The topological polar surface area (TPSA) is 49.8 Å². The van der Waals surface area contributed by atoms with E-state index in [0.717, 1.165) is 18.4 Å². The quantitative estimate of drug-likeness (QED) is 0.791. The van der Waals surface area contributed by atoms with Gasteiger partial charge in [0.1, 0.15) is 18.3 Å². The fraction of sp³-hybridized carbons (Fsp3) is 0.500. The van der Waals surface area contributed by atoms with Gasteiger partial charge in [-0.2, -0.15) is 0 Å². The molecule has 0 aromatic heterocycles. The first-order chi connectivity index (χ1) is 8.17. The number of hydrogen-bond donors (Lipinski definition) is 1. The Morgan fingerprint density at radius 1 is 1.24 bits per heavy atom. The Hall–Kier alpha value is -1.19. The first-order valence-corrected chi connectivity index (χ1v) is 6.20. The van der Waals surface area contributed by atoms with E-state index in [-0.39, 0.29) is 11.9 Å². The van der Waals surface area contributed by atoms with E-state index in [1.54, 1.807) is 0 Å². The number of hydrogen-bond acceptors (Lipinski definition) is 3. The normalized spacial score (nSPS) is 29.8. The third kappa shape index (κ3) is 1.46. The zero-order valence-corrected chi connectivity index (χ0v) is 10.1. The average Bonchev–Trinajstić information content (AvgIpc) is 3.14. The molecule has 90 valence electrons. The number of Topliss-reactive ketones (excluding diaryl/α,β-unsaturated/α-hetero) is 1. The van der Waals surface area contributed by atoms with Gasteiger partial charge >= 0.3 is 0 Å². The van der Waals surface area contributed by atoms with Gasteiger partial charge in [-0.3, -0.25) is 4.79 Å². The van der Waals surface area contributed by atoms with Gasteiger partial charge in [-0.1, -0.05) is 19.9 Å². The van der Waals surface area contributed by atoms with E-state index >= 15 is 0 Å². The summed E-state index contributed by atoms with van der Waals surface area (Å²) in [7, 11) is 0. The number of ketones is 1. The van der Waals surface area contributed by atoms with Crippen LogP contribution < -0.4 is 0 Å².